The van der Waals surface area contributed by atoms with Gasteiger partial charge in [-0.1, -0.05) is 28.1 Å². The molecule has 0 saturated heterocycles. The van der Waals surface area contributed by atoms with Crippen molar-refractivity contribution >= 4 is 38.0 Å². The number of fused-ring (bicyclic) bond motifs is 1. The third-order valence-corrected chi connectivity index (χ3v) is 5.70. The Hall–Kier alpha value is -2.90. The molecule has 8 nitrogen and oxygen atoms in total. The Morgan fingerprint density at radius 1 is 1.39 bits per heavy atom. The number of phenolic OH excluding ortho intramolecular Hbond substituents is 1. The summed E-state index contributed by atoms with van der Waals surface area (Å²) in [5.41, 5.74) is 0.761. The Bertz CT molecular complexity index is 1120. The van der Waals surface area contributed by atoms with Crippen molar-refractivity contribution in [2.45, 2.75) is 11.3 Å². The number of rotatable bonds is 5. The van der Waals surface area contributed by atoms with Crippen molar-refractivity contribution in [2.75, 3.05) is 13.7 Å². The SMILES string of the molecule is COc1cc(Br)cc(C=NN(CCC#N)C2=NS(=O)(=O)c3ccccc32)c1O. The van der Waals surface area contributed by atoms with Crippen LogP contribution in [0, 0.1) is 11.3 Å². The Labute approximate surface area is 170 Å². The van der Waals surface area contributed by atoms with Gasteiger partial charge in [0.1, 0.15) is 4.90 Å². The molecule has 0 radical (unpaired) electrons. The van der Waals surface area contributed by atoms with Crippen LogP contribution in [0.4, 0.5) is 0 Å². The number of amidine groups is 1. The zero-order valence-electron chi connectivity index (χ0n) is 14.7. The van der Waals surface area contributed by atoms with E-state index in [1.54, 1.807) is 30.3 Å². The van der Waals surface area contributed by atoms with Crippen molar-refractivity contribution in [2.24, 2.45) is 9.50 Å². The number of methoxy groups -OCH3 is 1. The molecular weight excluding hydrogens is 448 g/mol. The lowest BCUT2D eigenvalue weighted by Gasteiger charge is -2.17. The lowest BCUT2D eigenvalue weighted by molar-refractivity contribution is 0.372. The third-order valence-electron chi connectivity index (χ3n) is 3.92. The van der Waals surface area contributed by atoms with Gasteiger partial charge in [-0.3, -0.25) is 0 Å². The van der Waals surface area contributed by atoms with Gasteiger partial charge in [-0.25, -0.2) is 5.01 Å². The van der Waals surface area contributed by atoms with Gasteiger partial charge < -0.3 is 9.84 Å². The Morgan fingerprint density at radius 3 is 2.86 bits per heavy atom. The zero-order chi connectivity index (χ0) is 20.3. The molecule has 3 rings (SSSR count). The molecular formula is C18H15BrN4O4S. The number of hydrazone groups is 1. The molecule has 0 bridgehead atoms. The molecule has 0 saturated carbocycles. The molecule has 0 atom stereocenters. The van der Waals surface area contributed by atoms with E-state index in [0.717, 1.165) is 0 Å². The number of nitrogens with zero attached hydrogens (tertiary/aromatic N) is 4. The maximum Gasteiger partial charge on any atom is 0.285 e. The summed E-state index contributed by atoms with van der Waals surface area (Å²) in [6.07, 6.45) is 1.46. The summed E-state index contributed by atoms with van der Waals surface area (Å²) >= 11 is 3.33. The molecule has 1 aliphatic heterocycles. The lowest BCUT2D eigenvalue weighted by Crippen LogP contribution is -2.27. The first-order valence-electron chi connectivity index (χ1n) is 8.06. The smallest absolute Gasteiger partial charge is 0.285 e. The van der Waals surface area contributed by atoms with Crippen LogP contribution < -0.4 is 4.74 Å². The van der Waals surface area contributed by atoms with Crippen LogP contribution >= 0.6 is 15.9 Å². The fourth-order valence-electron chi connectivity index (χ4n) is 2.63. The average Bonchev–Trinajstić information content (AvgIpc) is 2.95. The molecule has 10 heteroatoms. The van der Waals surface area contributed by atoms with E-state index in [1.165, 1.54) is 24.4 Å². The summed E-state index contributed by atoms with van der Waals surface area (Å²) in [7, 11) is -2.39. The van der Waals surface area contributed by atoms with Crippen LogP contribution in [0.1, 0.15) is 17.5 Å². The van der Waals surface area contributed by atoms with Crippen molar-refractivity contribution in [1.29, 1.82) is 5.26 Å². The van der Waals surface area contributed by atoms with Crippen LogP contribution in [0.2, 0.25) is 0 Å². The Balaban J connectivity index is 2.03. The van der Waals surface area contributed by atoms with Gasteiger partial charge in [-0.2, -0.15) is 18.8 Å². The molecule has 144 valence electrons. The van der Waals surface area contributed by atoms with Crippen molar-refractivity contribution in [3.05, 3.63) is 52.0 Å². The quantitative estimate of drug-likeness (QED) is 0.539. The number of halogens is 1. The lowest BCUT2D eigenvalue weighted by atomic mass is 10.2. The van der Waals surface area contributed by atoms with Crippen LogP contribution in [0.15, 0.2) is 55.3 Å². The minimum atomic E-state index is -3.82. The monoisotopic (exact) mass is 462 g/mol. The number of aromatic hydroxyl groups is 1. The number of phenols is 1. The van der Waals surface area contributed by atoms with E-state index >= 15 is 0 Å². The minimum absolute atomic E-state index is 0.0918. The van der Waals surface area contributed by atoms with Gasteiger partial charge in [0, 0.05) is 15.6 Å². The third kappa shape index (κ3) is 3.85. The molecule has 2 aromatic carbocycles. The fraction of sp³-hybridized carbons (Fsp3) is 0.167. The Kier molecular flexibility index (Phi) is 5.67. The first-order chi connectivity index (χ1) is 13.4. The number of ether oxygens (including phenoxy) is 1. The highest BCUT2D eigenvalue weighted by Gasteiger charge is 2.31. The maximum atomic E-state index is 12.3. The van der Waals surface area contributed by atoms with Gasteiger partial charge in [-0.15, -0.1) is 4.40 Å². The van der Waals surface area contributed by atoms with E-state index in [1.807, 2.05) is 6.07 Å². The van der Waals surface area contributed by atoms with Gasteiger partial charge in [0.05, 0.1) is 32.4 Å². The second-order valence-electron chi connectivity index (χ2n) is 5.71. The van der Waals surface area contributed by atoms with Gasteiger partial charge in [0.2, 0.25) is 0 Å². The minimum Gasteiger partial charge on any atom is -0.504 e. The maximum absolute atomic E-state index is 12.3. The molecule has 1 aliphatic rings. The zero-order valence-corrected chi connectivity index (χ0v) is 17.1. The molecule has 28 heavy (non-hydrogen) atoms. The highest BCUT2D eigenvalue weighted by atomic mass is 79.9. The average molecular weight is 463 g/mol. The second-order valence-corrected chi connectivity index (χ2v) is 8.20. The Morgan fingerprint density at radius 2 is 2.14 bits per heavy atom. The first kappa shape index (κ1) is 19.9. The largest absolute Gasteiger partial charge is 0.504 e. The summed E-state index contributed by atoms with van der Waals surface area (Å²) in [6, 6.07) is 11.7. The van der Waals surface area contributed by atoms with E-state index in [9.17, 15) is 13.5 Å². The molecule has 2 aromatic rings. The van der Waals surface area contributed by atoms with Crippen molar-refractivity contribution in [3.63, 3.8) is 0 Å². The van der Waals surface area contributed by atoms with Crippen LogP contribution in [-0.4, -0.2) is 44.2 Å². The summed E-state index contributed by atoms with van der Waals surface area (Å²) in [5, 5.41) is 24.8. The van der Waals surface area contributed by atoms with Crippen molar-refractivity contribution in [1.82, 2.24) is 5.01 Å². The van der Waals surface area contributed by atoms with Gasteiger partial charge in [0.25, 0.3) is 10.0 Å². The highest BCUT2D eigenvalue weighted by Crippen LogP contribution is 2.33. The predicted molar refractivity (Wildman–Crippen MR) is 107 cm³/mol. The molecule has 0 unspecified atom stereocenters. The molecule has 1 heterocycles. The summed E-state index contributed by atoms with van der Waals surface area (Å²) in [6.45, 7) is 0.127. The molecule has 0 spiro atoms. The van der Waals surface area contributed by atoms with E-state index < -0.39 is 10.0 Å². The fourth-order valence-corrected chi connectivity index (χ4v) is 4.29. The summed E-state index contributed by atoms with van der Waals surface area (Å²) in [4.78, 5) is 0.0918. The molecule has 0 amide bonds. The number of sulfonamides is 1. The van der Waals surface area contributed by atoms with Crippen LogP contribution in [0.25, 0.3) is 0 Å². The van der Waals surface area contributed by atoms with Crippen LogP contribution in [0.3, 0.4) is 0 Å². The van der Waals surface area contributed by atoms with Crippen molar-refractivity contribution < 1.29 is 18.3 Å². The topological polar surface area (TPSA) is 115 Å². The molecule has 0 aromatic heterocycles. The normalized spacial score (nSPS) is 14.4. The van der Waals surface area contributed by atoms with Crippen LogP contribution in [0.5, 0.6) is 11.5 Å². The molecule has 1 N–H and O–H groups in total. The van der Waals surface area contributed by atoms with E-state index in [0.29, 0.717) is 15.6 Å². The molecule has 0 aliphatic carbocycles. The van der Waals surface area contributed by atoms with Crippen molar-refractivity contribution in [3.8, 4) is 17.6 Å². The second kappa shape index (κ2) is 8.00. The molecule has 0 fully saturated rings. The van der Waals surface area contributed by atoms with Gasteiger partial charge in [-0.05, 0) is 24.3 Å². The van der Waals surface area contributed by atoms with E-state index in [-0.39, 0.29) is 35.2 Å². The van der Waals surface area contributed by atoms with Gasteiger partial charge in [0.15, 0.2) is 17.3 Å². The van der Waals surface area contributed by atoms with Crippen LogP contribution in [-0.2, 0) is 10.0 Å². The highest BCUT2D eigenvalue weighted by molar-refractivity contribution is 9.10. The van der Waals surface area contributed by atoms with Gasteiger partial charge >= 0.3 is 0 Å². The number of hydrogen-bond acceptors (Lipinski definition) is 7. The van der Waals surface area contributed by atoms with E-state index in [4.69, 9.17) is 10.00 Å². The number of nitriles is 1. The van der Waals surface area contributed by atoms with E-state index in [2.05, 4.69) is 25.4 Å². The summed E-state index contributed by atoms with van der Waals surface area (Å²) < 4.78 is 34.2. The first-order valence-corrected chi connectivity index (χ1v) is 10.3. The number of benzene rings is 2. The predicted octanol–water partition coefficient (Wildman–Crippen LogP) is 2.86. The number of hydrogen-bond donors (Lipinski definition) is 1. The summed E-state index contributed by atoms with van der Waals surface area (Å²) in [5.74, 6) is 0.269. The standard InChI is InChI=1S/C18H15BrN4O4S/c1-27-15-10-13(19)9-12(17(15)24)11-21-23(8-4-7-20)18-14-5-2-3-6-16(14)28(25,26)22-18/h2-3,5-6,9-11,24H,4,8H2,1H3.